The van der Waals surface area contributed by atoms with Crippen molar-refractivity contribution in [1.29, 1.82) is 0 Å². The van der Waals surface area contributed by atoms with E-state index in [1.807, 2.05) is 20.8 Å². The second kappa shape index (κ2) is 6.25. The highest BCUT2D eigenvalue weighted by Gasteiger charge is 2.27. The first-order valence-electron chi connectivity index (χ1n) is 6.66. The molecule has 0 aromatic carbocycles. The fourth-order valence-corrected chi connectivity index (χ4v) is 4.43. The lowest BCUT2D eigenvalue weighted by Crippen LogP contribution is -2.29. The lowest BCUT2D eigenvalue weighted by Gasteiger charge is -2.16. The second-order valence-corrected chi connectivity index (χ2v) is 8.56. The van der Waals surface area contributed by atoms with Gasteiger partial charge in [0.15, 0.2) is 0 Å². The highest BCUT2D eigenvalue weighted by Crippen LogP contribution is 2.26. The Morgan fingerprint density at radius 3 is 2.48 bits per heavy atom. The molecule has 0 saturated carbocycles. The molecule has 0 fully saturated rings. The SMILES string of the molecule is Cc1nnc(C(CC(C)C)NS(=O)(=O)c2ccc(C)s2)o1. The zero-order valence-corrected chi connectivity index (χ0v) is 14.1. The highest BCUT2D eigenvalue weighted by atomic mass is 32.2. The molecule has 0 bridgehead atoms. The average Bonchev–Trinajstić information content (AvgIpc) is 2.96. The van der Waals surface area contributed by atoms with Gasteiger partial charge in [-0.3, -0.25) is 0 Å². The normalized spacial score (nSPS) is 13.8. The lowest BCUT2D eigenvalue weighted by atomic mass is 10.0. The molecule has 1 unspecified atom stereocenters. The maximum absolute atomic E-state index is 12.4. The maximum atomic E-state index is 12.4. The molecule has 2 aromatic rings. The number of rotatable bonds is 6. The molecule has 0 aliphatic heterocycles. The Bertz CT molecular complexity index is 704. The Hall–Kier alpha value is -1.25. The minimum Gasteiger partial charge on any atom is -0.424 e. The molecule has 6 nitrogen and oxygen atoms in total. The topological polar surface area (TPSA) is 85.1 Å². The maximum Gasteiger partial charge on any atom is 0.250 e. The van der Waals surface area contributed by atoms with Gasteiger partial charge in [-0.15, -0.1) is 21.5 Å². The van der Waals surface area contributed by atoms with Crippen LogP contribution in [0, 0.1) is 19.8 Å². The van der Waals surface area contributed by atoms with Gasteiger partial charge in [-0.2, -0.15) is 4.72 Å². The molecule has 1 N–H and O–H groups in total. The summed E-state index contributed by atoms with van der Waals surface area (Å²) in [5, 5.41) is 7.71. The van der Waals surface area contributed by atoms with Crippen molar-refractivity contribution in [3.63, 3.8) is 0 Å². The Labute approximate surface area is 128 Å². The fourth-order valence-electron chi connectivity index (χ4n) is 1.93. The molecule has 0 amide bonds. The van der Waals surface area contributed by atoms with Crippen LogP contribution in [-0.4, -0.2) is 18.6 Å². The van der Waals surface area contributed by atoms with Crippen molar-refractivity contribution in [3.05, 3.63) is 28.8 Å². The van der Waals surface area contributed by atoms with Crippen LogP contribution in [-0.2, 0) is 10.0 Å². The molecule has 2 aromatic heterocycles. The third-order valence-corrected chi connectivity index (χ3v) is 5.79. The Kier molecular flexibility index (Phi) is 4.80. The number of hydrogen-bond acceptors (Lipinski definition) is 6. The predicted molar refractivity (Wildman–Crippen MR) is 80.6 cm³/mol. The Morgan fingerprint density at radius 2 is 2.00 bits per heavy atom. The van der Waals surface area contributed by atoms with Crippen LogP contribution in [0.3, 0.4) is 0 Å². The van der Waals surface area contributed by atoms with Crippen LogP contribution in [0.4, 0.5) is 0 Å². The van der Waals surface area contributed by atoms with Gasteiger partial charge in [0.25, 0.3) is 10.0 Å². The summed E-state index contributed by atoms with van der Waals surface area (Å²) in [6, 6.07) is 2.88. The van der Waals surface area contributed by atoms with Gasteiger partial charge >= 0.3 is 0 Å². The van der Waals surface area contributed by atoms with Crippen LogP contribution in [0.15, 0.2) is 20.8 Å². The molecule has 0 saturated heterocycles. The number of nitrogens with one attached hydrogen (secondary N) is 1. The molecule has 0 aliphatic rings. The zero-order valence-electron chi connectivity index (χ0n) is 12.5. The number of hydrogen-bond donors (Lipinski definition) is 1. The molecule has 0 radical (unpaired) electrons. The van der Waals surface area contributed by atoms with Crippen LogP contribution < -0.4 is 4.72 Å². The van der Waals surface area contributed by atoms with Crippen LogP contribution in [0.1, 0.15) is 43.0 Å². The number of nitrogens with zero attached hydrogens (tertiary/aromatic N) is 2. The van der Waals surface area contributed by atoms with Gasteiger partial charge in [-0.25, -0.2) is 8.42 Å². The van der Waals surface area contributed by atoms with Gasteiger partial charge < -0.3 is 4.42 Å². The summed E-state index contributed by atoms with van der Waals surface area (Å²) in [5.74, 6) is 1.01. The van der Waals surface area contributed by atoms with E-state index >= 15 is 0 Å². The van der Waals surface area contributed by atoms with E-state index in [1.54, 1.807) is 19.1 Å². The van der Waals surface area contributed by atoms with E-state index in [2.05, 4.69) is 14.9 Å². The second-order valence-electron chi connectivity index (χ2n) is 5.33. The number of aromatic nitrogens is 2. The molecular formula is C13H19N3O3S2. The summed E-state index contributed by atoms with van der Waals surface area (Å²) in [7, 11) is -3.58. The first kappa shape index (κ1) is 16.1. The van der Waals surface area contributed by atoms with E-state index in [-0.39, 0.29) is 5.92 Å². The van der Waals surface area contributed by atoms with E-state index in [9.17, 15) is 8.42 Å². The van der Waals surface area contributed by atoms with Crippen molar-refractivity contribution in [2.24, 2.45) is 5.92 Å². The monoisotopic (exact) mass is 329 g/mol. The van der Waals surface area contributed by atoms with E-state index in [4.69, 9.17) is 4.42 Å². The first-order valence-corrected chi connectivity index (χ1v) is 8.96. The summed E-state index contributed by atoms with van der Waals surface area (Å²) in [6.07, 6.45) is 0.589. The standard InChI is InChI=1S/C13H19N3O3S2/c1-8(2)7-11(13-15-14-10(4)19-13)16-21(17,18)12-6-5-9(3)20-12/h5-6,8,11,16H,7H2,1-4H3. The number of aryl methyl sites for hydroxylation is 2. The third-order valence-electron chi connectivity index (χ3n) is 2.82. The predicted octanol–water partition coefficient (Wildman–Crippen LogP) is 2.81. The van der Waals surface area contributed by atoms with Crippen LogP contribution in [0.2, 0.25) is 0 Å². The minimum atomic E-state index is -3.58. The Balaban J connectivity index is 2.26. The summed E-state index contributed by atoms with van der Waals surface area (Å²) in [6.45, 7) is 7.58. The average molecular weight is 329 g/mol. The van der Waals surface area contributed by atoms with Gasteiger partial charge in [-0.1, -0.05) is 13.8 Å². The number of sulfonamides is 1. The lowest BCUT2D eigenvalue weighted by molar-refractivity contribution is 0.372. The smallest absolute Gasteiger partial charge is 0.250 e. The van der Waals surface area contributed by atoms with Crippen molar-refractivity contribution in [1.82, 2.24) is 14.9 Å². The highest BCUT2D eigenvalue weighted by molar-refractivity contribution is 7.91. The van der Waals surface area contributed by atoms with Crippen molar-refractivity contribution >= 4 is 21.4 Å². The molecule has 21 heavy (non-hydrogen) atoms. The van der Waals surface area contributed by atoms with E-state index in [1.165, 1.54) is 11.3 Å². The molecule has 2 rings (SSSR count). The molecule has 1 atom stereocenters. The van der Waals surface area contributed by atoms with Crippen LogP contribution >= 0.6 is 11.3 Å². The van der Waals surface area contributed by atoms with E-state index < -0.39 is 16.1 Å². The van der Waals surface area contributed by atoms with E-state index in [0.29, 0.717) is 22.4 Å². The van der Waals surface area contributed by atoms with Crippen molar-refractivity contribution in [2.45, 2.75) is 44.4 Å². The van der Waals surface area contributed by atoms with Crippen molar-refractivity contribution in [2.75, 3.05) is 0 Å². The molecular weight excluding hydrogens is 310 g/mol. The molecule has 2 heterocycles. The summed E-state index contributed by atoms with van der Waals surface area (Å²) in [4.78, 5) is 0.949. The van der Waals surface area contributed by atoms with Crippen molar-refractivity contribution in [3.8, 4) is 0 Å². The first-order chi connectivity index (χ1) is 9.78. The Morgan fingerprint density at radius 1 is 1.29 bits per heavy atom. The van der Waals surface area contributed by atoms with Crippen LogP contribution in [0.5, 0.6) is 0 Å². The largest absolute Gasteiger partial charge is 0.424 e. The van der Waals surface area contributed by atoms with E-state index in [0.717, 1.165) is 4.88 Å². The van der Waals surface area contributed by atoms with Gasteiger partial charge in [0, 0.05) is 11.8 Å². The van der Waals surface area contributed by atoms with Gasteiger partial charge in [0.1, 0.15) is 10.3 Å². The minimum absolute atomic E-state index is 0.287. The van der Waals surface area contributed by atoms with Crippen LogP contribution in [0.25, 0.3) is 0 Å². The summed E-state index contributed by atoms with van der Waals surface area (Å²) < 4.78 is 33.2. The fraction of sp³-hybridized carbons (Fsp3) is 0.538. The molecule has 0 spiro atoms. The number of thiophene rings is 1. The summed E-state index contributed by atoms with van der Waals surface area (Å²) >= 11 is 1.24. The molecule has 116 valence electrons. The van der Waals surface area contributed by atoms with Gasteiger partial charge in [0.05, 0.1) is 0 Å². The molecule has 0 aliphatic carbocycles. The third kappa shape index (κ3) is 4.12. The zero-order chi connectivity index (χ0) is 15.6. The van der Waals surface area contributed by atoms with Crippen molar-refractivity contribution < 1.29 is 12.8 Å². The summed E-state index contributed by atoms with van der Waals surface area (Å²) in [5.41, 5.74) is 0. The van der Waals surface area contributed by atoms with Gasteiger partial charge in [-0.05, 0) is 31.4 Å². The van der Waals surface area contributed by atoms with Gasteiger partial charge in [0.2, 0.25) is 11.8 Å². The quantitative estimate of drug-likeness (QED) is 0.881. The molecule has 8 heteroatoms.